The molecule has 0 N–H and O–H groups in total. The van der Waals surface area contributed by atoms with Gasteiger partial charge in [0.05, 0.1) is 23.2 Å². The molecule has 0 bridgehead atoms. The molecule has 128 valence electrons. The van der Waals surface area contributed by atoms with Gasteiger partial charge in [-0.15, -0.1) is 0 Å². The molecule has 4 nitrogen and oxygen atoms in total. The molecule has 0 spiro atoms. The number of halogens is 1. The van der Waals surface area contributed by atoms with Gasteiger partial charge in [-0.05, 0) is 36.1 Å². The van der Waals surface area contributed by atoms with Crippen LogP contribution in [0.1, 0.15) is 54.1 Å². The molecule has 0 aliphatic rings. The van der Waals surface area contributed by atoms with Crippen LogP contribution >= 0.6 is 15.9 Å². The lowest BCUT2D eigenvalue weighted by Crippen LogP contribution is -2.11. The fourth-order valence-corrected chi connectivity index (χ4v) is 2.59. The summed E-state index contributed by atoms with van der Waals surface area (Å²) in [5, 5.41) is 0. The topological polar surface area (TPSA) is 48.4 Å². The Morgan fingerprint density at radius 2 is 1.92 bits per heavy atom. The van der Waals surface area contributed by atoms with Gasteiger partial charge in [-0.1, -0.05) is 48.8 Å². The number of hydrogen-bond acceptors (Lipinski definition) is 4. The highest BCUT2D eigenvalue weighted by Crippen LogP contribution is 2.30. The quantitative estimate of drug-likeness (QED) is 0.515. The third-order valence-corrected chi connectivity index (χ3v) is 4.04. The van der Waals surface area contributed by atoms with Crippen LogP contribution in [0.15, 0.2) is 36.4 Å². The molecule has 2 rings (SSSR count). The monoisotopic (exact) mass is 391 g/mol. The van der Waals surface area contributed by atoms with E-state index in [4.69, 9.17) is 9.47 Å². The van der Waals surface area contributed by atoms with E-state index in [2.05, 4.69) is 47.8 Å². The first kappa shape index (κ1) is 18.5. The summed E-state index contributed by atoms with van der Waals surface area (Å²) in [4.78, 5) is 16.2. The lowest BCUT2D eigenvalue weighted by atomic mass is 9.87. The number of pyridine rings is 1. The van der Waals surface area contributed by atoms with Crippen molar-refractivity contribution in [2.75, 3.05) is 7.11 Å². The first-order valence-electron chi connectivity index (χ1n) is 7.74. The fourth-order valence-electron chi connectivity index (χ4n) is 2.25. The van der Waals surface area contributed by atoms with E-state index in [0.29, 0.717) is 22.9 Å². The van der Waals surface area contributed by atoms with Gasteiger partial charge < -0.3 is 9.47 Å². The molecule has 0 aliphatic heterocycles. The molecule has 0 amide bonds. The van der Waals surface area contributed by atoms with E-state index < -0.39 is 5.97 Å². The number of benzene rings is 1. The summed E-state index contributed by atoms with van der Waals surface area (Å²) in [7, 11) is 1.35. The minimum Gasteiger partial charge on any atom is -0.465 e. The second-order valence-corrected chi connectivity index (χ2v) is 7.94. The third-order valence-electron chi connectivity index (χ3n) is 3.60. The number of hydrogen-bond donors (Lipinski definition) is 0. The molecule has 0 saturated heterocycles. The summed E-state index contributed by atoms with van der Waals surface area (Å²) in [5.74, 6) is 0.744. The Morgan fingerprint density at radius 3 is 2.50 bits per heavy atom. The summed E-state index contributed by atoms with van der Waals surface area (Å²) in [6, 6.07) is 11.3. The Labute approximate surface area is 151 Å². The SMILES string of the molecule is COC(=O)c1ccc(Oc2cccc(C(C)(C)C)c2)nc1C(C)Br. The molecule has 0 saturated carbocycles. The van der Waals surface area contributed by atoms with Crippen molar-refractivity contribution in [3.05, 3.63) is 53.2 Å². The predicted molar refractivity (Wildman–Crippen MR) is 98.1 cm³/mol. The van der Waals surface area contributed by atoms with Gasteiger partial charge in [-0.25, -0.2) is 9.78 Å². The number of esters is 1. The Morgan fingerprint density at radius 1 is 1.21 bits per heavy atom. The number of rotatable bonds is 4. The van der Waals surface area contributed by atoms with Crippen LogP contribution in [0, 0.1) is 0 Å². The molecule has 24 heavy (non-hydrogen) atoms. The minimum absolute atomic E-state index is 0.0388. The van der Waals surface area contributed by atoms with E-state index in [1.165, 1.54) is 12.7 Å². The average Bonchev–Trinajstić information content (AvgIpc) is 2.53. The second-order valence-electron chi connectivity index (χ2n) is 6.57. The van der Waals surface area contributed by atoms with Gasteiger partial charge in [0.15, 0.2) is 0 Å². The van der Waals surface area contributed by atoms with E-state index >= 15 is 0 Å². The van der Waals surface area contributed by atoms with Crippen molar-refractivity contribution in [1.82, 2.24) is 4.98 Å². The predicted octanol–water partition coefficient (Wildman–Crippen LogP) is 5.41. The van der Waals surface area contributed by atoms with E-state index in [-0.39, 0.29) is 10.2 Å². The number of nitrogens with zero attached hydrogens (tertiary/aromatic N) is 1. The molecular formula is C19H22BrNO3. The summed E-state index contributed by atoms with van der Waals surface area (Å²) in [6.07, 6.45) is 0. The highest BCUT2D eigenvalue weighted by molar-refractivity contribution is 9.09. The highest BCUT2D eigenvalue weighted by Gasteiger charge is 2.19. The standard InChI is InChI=1S/C19H22BrNO3/c1-12(20)17-15(18(22)23-5)9-10-16(21-17)24-14-8-6-7-13(11-14)19(2,3)4/h6-12H,1-5H3. The fraction of sp³-hybridized carbons (Fsp3) is 0.368. The van der Waals surface area contributed by atoms with Gasteiger partial charge in [0.2, 0.25) is 5.88 Å². The number of carbonyl (C=O) groups is 1. The zero-order valence-corrected chi connectivity index (χ0v) is 16.2. The summed E-state index contributed by atoms with van der Waals surface area (Å²) in [5.41, 5.74) is 2.24. The normalized spacial score (nSPS) is 12.6. The maximum atomic E-state index is 11.8. The third kappa shape index (κ3) is 4.35. The summed E-state index contributed by atoms with van der Waals surface area (Å²) >= 11 is 3.46. The van der Waals surface area contributed by atoms with Crippen molar-refractivity contribution in [3.63, 3.8) is 0 Å². The van der Waals surface area contributed by atoms with Crippen molar-refractivity contribution in [2.24, 2.45) is 0 Å². The number of ether oxygens (including phenoxy) is 2. The van der Waals surface area contributed by atoms with E-state index in [0.717, 1.165) is 0 Å². The Balaban J connectivity index is 2.34. The highest BCUT2D eigenvalue weighted by atomic mass is 79.9. The molecule has 1 heterocycles. The lowest BCUT2D eigenvalue weighted by Gasteiger charge is -2.19. The van der Waals surface area contributed by atoms with Crippen LogP contribution in [-0.2, 0) is 10.2 Å². The number of methoxy groups -OCH3 is 1. The van der Waals surface area contributed by atoms with Crippen molar-refractivity contribution >= 4 is 21.9 Å². The van der Waals surface area contributed by atoms with Crippen LogP contribution < -0.4 is 4.74 Å². The lowest BCUT2D eigenvalue weighted by molar-refractivity contribution is 0.0599. The molecule has 1 atom stereocenters. The van der Waals surface area contributed by atoms with Crippen molar-refractivity contribution < 1.29 is 14.3 Å². The molecule has 2 aromatic rings. The van der Waals surface area contributed by atoms with Crippen LogP contribution in [0.25, 0.3) is 0 Å². The zero-order chi connectivity index (χ0) is 17.9. The van der Waals surface area contributed by atoms with Gasteiger partial charge >= 0.3 is 5.97 Å². The van der Waals surface area contributed by atoms with E-state index in [1.54, 1.807) is 12.1 Å². The average molecular weight is 392 g/mol. The van der Waals surface area contributed by atoms with E-state index in [1.807, 2.05) is 25.1 Å². The number of alkyl halides is 1. The number of carbonyl (C=O) groups excluding carboxylic acids is 1. The van der Waals surface area contributed by atoms with Crippen molar-refractivity contribution in [3.8, 4) is 11.6 Å². The Kier molecular flexibility index (Phi) is 5.65. The molecule has 0 aliphatic carbocycles. The van der Waals surface area contributed by atoms with Gasteiger partial charge in [-0.3, -0.25) is 0 Å². The molecule has 0 radical (unpaired) electrons. The van der Waals surface area contributed by atoms with Crippen LogP contribution in [0.5, 0.6) is 11.6 Å². The van der Waals surface area contributed by atoms with Crippen LogP contribution in [0.3, 0.4) is 0 Å². The van der Waals surface area contributed by atoms with Crippen LogP contribution in [-0.4, -0.2) is 18.1 Å². The zero-order valence-electron chi connectivity index (χ0n) is 14.6. The van der Waals surface area contributed by atoms with Gasteiger partial charge in [0, 0.05) is 6.07 Å². The smallest absolute Gasteiger partial charge is 0.339 e. The Bertz CT molecular complexity index is 736. The largest absolute Gasteiger partial charge is 0.465 e. The minimum atomic E-state index is -0.412. The van der Waals surface area contributed by atoms with Gasteiger partial charge in [0.25, 0.3) is 0 Å². The van der Waals surface area contributed by atoms with Crippen LogP contribution in [0.2, 0.25) is 0 Å². The first-order chi connectivity index (χ1) is 11.2. The number of aromatic nitrogens is 1. The van der Waals surface area contributed by atoms with E-state index in [9.17, 15) is 4.79 Å². The van der Waals surface area contributed by atoms with Gasteiger partial charge in [0.1, 0.15) is 5.75 Å². The summed E-state index contributed by atoms with van der Waals surface area (Å²) in [6.45, 7) is 8.36. The molecular weight excluding hydrogens is 370 g/mol. The van der Waals surface area contributed by atoms with Crippen molar-refractivity contribution in [1.29, 1.82) is 0 Å². The second kappa shape index (κ2) is 7.34. The van der Waals surface area contributed by atoms with Crippen molar-refractivity contribution in [2.45, 2.75) is 37.9 Å². The molecule has 1 aromatic carbocycles. The Hall–Kier alpha value is -1.88. The van der Waals surface area contributed by atoms with Crippen LogP contribution in [0.4, 0.5) is 0 Å². The summed E-state index contributed by atoms with van der Waals surface area (Å²) < 4.78 is 10.7. The maximum Gasteiger partial charge on any atom is 0.339 e. The maximum absolute atomic E-state index is 11.8. The molecule has 0 fully saturated rings. The molecule has 1 aromatic heterocycles. The molecule has 5 heteroatoms. The molecule has 1 unspecified atom stereocenters. The first-order valence-corrected chi connectivity index (χ1v) is 8.65. The van der Waals surface area contributed by atoms with Gasteiger partial charge in [-0.2, -0.15) is 0 Å².